The molecule has 0 aliphatic carbocycles. The second-order valence-electron chi connectivity index (χ2n) is 4.83. The Kier molecular flexibility index (Phi) is 5.01. The monoisotopic (exact) mass is 335 g/mol. The van der Waals surface area contributed by atoms with Crippen molar-refractivity contribution >= 4 is 33.3 Å². The molecule has 0 aliphatic heterocycles. The van der Waals surface area contributed by atoms with E-state index < -0.39 is 28.7 Å². The molecule has 1 aromatic heterocycles. The van der Waals surface area contributed by atoms with Crippen LogP contribution in [0, 0.1) is 5.41 Å². The second kappa shape index (κ2) is 5.90. The molecule has 0 spiro atoms. The fourth-order valence-electron chi connectivity index (χ4n) is 1.67. The van der Waals surface area contributed by atoms with Crippen molar-refractivity contribution in [2.75, 3.05) is 0 Å². The van der Waals surface area contributed by atoms with Gasteiger partial charge >= 0.3 is 17.3 Å². The number of hydrogen-bond donors (Lipinski definition) is 1. The van der Waals surface area contributed by atoms with Crippen LogP contribution < -0.4 is 0 Å². The fraction of sp³-hybridized carbons (Fsp3) is 0.455. The molecular formula is C11H14BrNO4S. The summed E-state index contributed by atoms with van der Waals surface area (Å²) < 4.78 is 24.2. The molecule has 100 valence electrons. The van der Waals surface area contributed by atoms with E-state index in [9.17, 15) is 9.00 Å². The molecule has 0 amide bonds. The highest BCUT2D eigenvalue weighted by Crippen LogP contribution is 2.36. The number of carbonyl (C=O) groups excluding carboxylic acids is 1. The standard InChI is InChI=1S/C11H14BrNO4S/c1-11(2,3)9(10(14)17-18(15)16)7-4-5-8(12)13-6-7/h4-6,9H,1-3H3,(H,15,16). The normalized spacial score (nSPS) is 14.9. The van der Waals surface area contributed by atoms with E-state index in [1.54, 1.807) is 18.3 Å². The molecule has 0 bridgehead atoms. The molecule has 7 heteroatoms. The Bertz CT molecular complexity index is 455. The fourth-order valence-corrected chi connectivity index (χ4v) is 2.14. The molecule has 18 heavy (non-hydrogen) atoms. The van der Waals surface area contributed by atoms with Gasteiger partial charge in [-0.05, 0) is 33.0 Å². The average molecular weight is 336 g/mol. The Morgan fingerprint density at radius 2 is 2.11 bits per heavy atom. The Balaban J connectivity index is 3.10. The topological polar surface area (TPSA) is 76.5 Å². The van der Waals surface area contributed by atoms with Crippen molar-refractivity contribution in [1.29, 1.82) is 0 Å². The zero-order valence-corrected chi connectivity index (χ0v) is 12.6. The van der Waals surface area contributed by atoms with Gasteiger partial charge < -0.3 is 4.18 Å². The van der Waals surface area contributed by atoms with Crippen LogP contribution in [0.15, 0.2) is 22.9 Å². The van der Waals surface area contributed by atoms with Crippen molar-refractivity contribution in [2.24, 2.45) is 5.41 Å². The van der Waals surface area contributed by atoms with E-state index in [2.05, 4.69) is 25.1 Å². The zero-order valence-electron chi connectivity index (χ0n) is 10.2. The van der Waals surface area contributed by atoms with Gasteiger partial charge in [-0.15, -0.1) is 0 Å². The predicted octanol–water partition coefficient (Wildman–Crippen LogP) is 2.65. The van der Waals surface area contributed by atoms with Gasteiger partial charge in [0, 0.05) is 6.20 Å². The Morgan fingerprint density at radius 1 is 1.50 bits per heavy atom. The molecule has 5 nitrogen and oxygen atoms in total. The van der Waals surface area contributed by atoms with Gasteiger partial charge in [0.2, 0.25) is 0 Å². The number of carbonyl (C=O) groups is 1. The van der Waals surface area contributed by atoms with Crippen LogP contribution in [0.1, 0.15) is 32.3 Å². The average Bonchev–Trinajstić information content (AvgIpc) is 2.18. The van der Waals surface area contributed by atoms with Crippen LogP contribution in [0.2, 0.25) is 0 Å². The summed E-state index contributed by atoms with van der Waals surface area (Å²) in [7, 11) is 0. The van der Waals surface area contributed by atoms with Crippen molar-refractivity contribution in [3.63, 3.8) is 0 Å². The van der Waals surface area contributed by atoms with Crippen LogP contribution >= 0.6 is 15.9 Å². The summed E-state index contributed by atoms with van der Waals surface area (Å²) in [6, 6.07) is 3.44. The van der Waals surface area contributed by atoms with E-state index in [-0.39, 0.29) is 0 Å². The first-order chi connectivity index (χ1) is 8.21. The first-order valence-electron chi connectivity index (χ1n) is 5.16. The lowest BCUT2D eigenvalue weighted by Crippen LogP contribution is -2.28. The quantitative estimate of drug-likeness (QED) is 0.678. The molecule has 1 heterocycles. The molecule has 0 fully saturated rings. The van der Waals surface area contributed by atoms with Crippen LogP contribution in [0.25, 0.3) is 0 Å². The van der Waals surface area contributed by atoms with Crippen molar-refractivity contribution in [1.82, 2.24) is 4.98 Å². The second-order valence-corrected chi connectivity index (χ2v) is 6.25. The maximum absolute atomic E-state index is 11.9. The minimum absolute atomic E-state index is 0.452. The Morgan fingerprint density at radius 3 is 2.50 bits per heavy atom. The summed E-state index contributed by atoms with van der Waals surface area (Å²) in [5.74, 6) is -1.40. The third-order valence-corrected chi connectivity index (χ3v) is 3.11. The lowest BCUT2D eigenvalue weighted by Gasteiger charge is -2.28. The summed E-state index contributed by atoms with van der Waals surface area (Å²) in [5, 5.41) is 0. The summed E-state index contributed by atoms with van der Waals surface area (Å²) >= 11 is 0.598. The molecule has 0 aromatic carbocycles. The zero-order chi connectivity index (χ0) is 13.9. The van der Waals surface area contributed by atoms with Crippen LogP contribution in [-0.2, 0) is 20.3 Å². The van der Waals surface area contributed by atoms with Gasteiger partial charge in [-0.3, -0.25) is 9.35 Å². The van der Waals surface area contributed by atoms with Gasteiger partial charge in [0.05, 0.1) is 5.92 Å². The van der Waals surface area contributed by atoms with Gasteiger partial charge in [-0.25, -0.2) is 4.98 Å². The van der Waals surface area contributed by atoms with Gasteiger partial charge in [0.25, 0.3) is 0 Å². The number of nitrogens with zero attached hydrogens (tertiary/aromatic N) is 1. The summed E-state index contributed by atoms with van der Waals surface area (Å²) in [4.78, 5) is 15.9. The van der Waals surface area contributed by atoms with E-state index in [4.69, 9.17) is 4.55 Å². The van der Waals surface area contributed by atoms with Crippen LogP contribution in [0.4, 0.5) is 0 Å². The Labute approximate surface area is 117 Å². The van der Waals surface area contributed by atoms with Crippen molar-refractivity contribution in [3.05, 3.63) is 28.5 Å². The molecule has 2 atom stereocenters. The van der Waals surface area contributed by atoms with E-state index in [0.717, 1.165) is 0 Å². The summed E-state index contributed by atoms with van der Waals surface area (Å²) in [6.07, 6.45) is 1.54. The minimum Gasteiger partial charge on any atom is -0.343 e. The SMILES string of the molecule is CC(C)(C)C(C(=O)OS(=O)O)c1ccc(Br)nc1. The maximum Gasteiger partial charge on any atom is 0.360 e. The highest BCUT2D eigenvalue weighted by molar-refractivity contribution is 9.10. The van der Waals surface area contributed by atoms with E-state index in [1.807, 2.05) is 20.8 Å². The smallest absolute Gasteiger partial charge is 0.343 e. The number of hydrogen-bond acceptors (Lipinski definition) is 4. The molecule has 0 aliphatic rings. The third-order valence-electron chi connectivity index (χ3n) is 2.34. The molecule has 1 aromatic rings. The van der Waals surface area contributed by atoms with Gasteiger partial charge in [-0.1, -0.05) is 26.8 Å². The van der Waals surface area contributed by atoms with Crippen molar-refractivity contribution in [3.8, 4) is 0 Å². The van der Waals surface area contributed by atoms with Crippen LogP contribution in [-0.4, -0.2) is 19.7 Å². The van der Waals surface area contributed by atoms with Crippen molar-refractivity contribution in [2.45, 2.75) is 26.7 Å². The number of aromatic nitrogens is 1. The first kappa shape index (κ1) is 15.3. The number of halogens is 1. The summed E-state index contributed by atoms with van der Waals surface area (Å²) in [6.45, 7) is 5.55. The summed E-state index contributed by atoms with van der Waals surface area (Å²) in [5.41, 5.74) is 0.188. The maximum atomic E-state index is 11.9. The molecule has 0 radical (unpaired) electrons. The largest absolute Gasteiger partial charge is 0.360 e. The molecule has 0 saturated carbocycles. The highest BCUT2D eigenvalue weighted by atomic mass is 79.9. The van der Waals surface area contributed by atoms with Gasteiger partial charge in [-0.2, -0.15) is 4.21 Å². The number of rotatable bonds is 3. The first-order valence-corrected chi connectivity index (χ1v) is 6.99. The Hall–Kier alpha value is -0.790. The highest BCUT2D eigenvalue weighted by Gasteiger charge is 2.35. The van der Waals surface area contributed by atoms with Crippen molar-refractivity contribution < 1.29 is 17.7 Å². The lowest BCUT2D eigenvalue weighted by molar-refractivity contribution is -0.138. The van der Waals surface area contributed by atoms with E-state index in [1.165, 1.54) is 0 Å². The van der Waals surface area contributed by atoms with Gasteiger partial charge in [0.15, 0.2) is 0 Å². The molecule has 2 unspecified atom stereocenters. The lowest BCUT2D eigenvalue weighted by atomic mass is 9.77. The minimum atomic E-state index is -2.61. The predicted molar refractivity (Wildman–Crippen MR) is 71.0 cm³/mol. The third kappa shape index (κ3) is 4.15. The van der Waals surface area contributed by atoms with Gasteiger partial charge in [0.1, 0.15) is 4.60 Å². The molecule has 1 N–H and O–H groups in total. The van der Waals surface area contributed by atoms with E-state index >= 15 is 0 Å². The molecule has 1 rings (SSSR count). The van der Waals surface area contributed by atoms with E-state index in [0.29, 0.717) is 10.2 Å². The van der Waals surface area contributed by atoms with Crippen LogP contribution in [0.5, 0.6) is 0 Å². The van der Waals surface area contributed by atoms with Crippen LogP contribution in [0.3, 0.4) is 0 Å². The molecule has 0 saturated heterocycles. The molecular weight excluding hydrogens is 322 g/mol. The number of pyridine rings is 1.